The first kappa shape index (κ1) is 12.9. The quantitative estimate of drug-likeness (QED) is 0.650. The van der Waals surface area contributed by atoms with Gasteiger partial charge in [-0.05, 0) is 23.8 Å². The number of hydrogen-bond acceptors (Lipinski definition) is 2. The van der Waals surface area contributed by atoms with Crippen molar-refractivity contribution in [1.29, 1.82) is 0 Å². The van der Waals surface area contributed by atoms with Gasteiger partial charge in [0.1, 0.15) is 0 Å². The van der Waals surface area contributed by atoms with E-state index in [2.05, 4.69) is 0 Å². The van der Waals surface area contributed by atoms with Gasteiger partial charge in [0.05, 0.1) is 0 Å². The summed E-state index contributed by atoms with van der Waals surface area (Å²) in [6, 6.07) is 14.4. The molecule has 0 aliphatic heterocycles. The number of rotatable bonds is 4. The zero-order valence-electron chi connectivity index (χ0n) is 9.64. The Hall–Kier alpha value is -1.55. The Morgan fingerprint density at radius 2 is 1.78 bits per heavy atom. The first-order valence-electron chi connectivity index (χ1n) is 5.51. The lowest BCUT2D eigenvalue weighted by Gasteiger charge is -2.09. The van der Waals surface area contributed by atoms with Crippen LogP contribution in [0.25, 0.3) is 0 Å². The number of alkyl halides is 2. The average molecular weight is 265 g/mol. The van der Waals surface area contributed by atoms with Crippen molar-refractivity contribution < 1.29 is 8.78 Å². The minimum absolute atomic E-state index is 0.0101. The molecule has 0 aliphatic carbocycles. The largest absolute Gasteiger partial charge is 0.399 e. The van der Waals surface area contributed by atoms with Crippen molar-refractivity contribution in [3.8, 4) is 0 Å². The zero-order chi connectivity index (χ0) is 13.0. The summed E-state index contributed by atoms with van der Waals surface area (Å²) in [5, 5.41) is 0. The molecule has 0 heterocycles. The van der Waals surface area contributed by atoms with Crippen LogP contribution in [0.3, 0.4) is 0 Å². The van der Waals surface area contributed by atoms with E-state index in [1.807, 2.05) is 30.3 Å². The van der Waals surface area contributed by atoms with E-state index in [0.717, 1.165) is 5.56 Å². The first-order chi connectivity index (χ1) is 8.66. The molecule has 2 rings (SSSR count). The summed E-state index contributed by atoms with van der Waals surface area (Å²) >= 11 is 1.40. The second kappa shape index (κ2) is 5.87. The third-order valence-electron chi connectivity index (χ3n) is 2.51. The Morgan fingerprint density at radius 1 is 1.06 bits per heavy atom. The first-order valence-corrected chi connectivity index (χ1v) is 6.49. The van der Waals surface area contributed by atoms with Crippen LogP contribution in [0.4, 0.5) is 14.5 Å². The molecule has 0 spiro atoms. The second-order valence-electron chi connectivity index (χ2n) is 3.87. The van der Waals surface area contributed by atoms with Crippen molar-refractivity contribution >= 4 is 17.4 Å². The molecule has 4 heteroatoms. The number of anilines is 1. The molecule has 2 aromatic rings. The fourth-order valence-corrected chi connectivity index (χ4v) is 2.60. The number of halogens is 2. The van der Waals surface area contributed by atoms with Crippen LogP contribution in [0.1, 0.15) is 17.6 Å². The molecule has 0 aliphatic rings. The fraction of sp³-hybridized carbons (Fsp3) is 0.143. The minimum atomic E-state index is -2.49. The van der Waals surface area contributed by atoms with Gasteiger partial charge >= 0.3 is 0 Å². The molecule has 0 saturated heterocycles. The van der Waals surface area contributed by atoms with Crippen LogP contribution in [0.15, 0.2) is 53.4 Å². The van der Waals surface area contributed by atoms with Gasteiger partial charge in [-0.2, -0.15) is 0 Å². The van der Waals surface area contributed by atoms with E-state index in [0.29, 0.717) is 16.3 Å². The fourth-order valence-electron chi connectivity index (χ4n) is 1.60. The van der Waals surface area contributed by atoms with Gasteiger partial charge in [-0.1, -0.05) is 30.3 Å². The predicted molar refractivity (Wildman–Crippen MR) is 71.8 cm³/mol. The summed E-state index contributed by atoms with van der Waals surface area (Å²) in [5.41, 5.74) is 7.02. The van der Waals surface area contributed by atoms with Crippen molar-refractivity contribution in [1.82, 2.24) is 0 Å². The maximum Gasteiger partial charge on any atom is 0.265 e. The van der Waals surface area contributed by atoms with Crippen LogP contribution in [0.2, 0.25) is 0 Å². The smallest absolute Gasteiger partial charge is 0.265 e. The number of thioether (sulfide) groups is 1. The highest BCUT2D eigenvalue weighted by atomic mass is 32.2. The van der Waals surface area contributed by atoms with Crippen molar-refractivity contribution in [2.24, 2.45) is 0 Å². The van der Waals surface area contributed by atoms with Crippen LogP contribution in [0.5, 0.6) is 0 Å². The summed E-state index contributed by atoms with van der Waals surface area (Å²) in [6.45, 7) is 0. The summed E-state index contributed by atoms with van der Waals surface area (Å²) in [5.74, 6) is 0.671. The SMILES string of the molecule is Nc1ccc(SCc2ccccc2)c(C(F)F)c1. The van der Waals surface area contributed by atoms with E-state index in [1.165, 1.54) is 17.8 Å². The third kappa shape index (κ3) is 3.23. The lowest BCUT2D eigenvalue weighted by atomic mass is 10.2. The molecule has 1 nitrogen and oxygen atoms in total. The monoisotopic (exact) mass is 265 g/mol. The van der Waals surface area contributed by atoms with E-state index in [1.54, 1.807) is 12.1 Å². The molecule has 0 amide bonds. The van der Waals surface area contributed by atoms with Crippen LogP contribution in [0, 0.1) is 0 Å². The van der Waals surface area contributed by atoms with E-state index in [-0.39, 0.29) is 5.56 Å². The van der Waals surface area contributed by atoms with E-state index in [4.69, 9.17) is 5.73 Å². The summed E-state index contributed by atoms with van der Waals surface area (Å²) < 4.78 is 25.7. The third-order valence-corrected chi connectivity index (χ3v) is 3.67. The standard InChI is InChI=1S/C14H13F2NS/c15-14(16)12-8-11(17)6-7-13(12)18-9-10-4-2-1-3-5-10/h1-8,14H,9,17H2. The summed E-state index contributed by atoms with van der Waals surface area (Å²) in [6.07, 6.45) is -2.49. The molecule has 18 heavy (non-hydrogen) atoms. The number of nitrogen functional groups attached to an aromatic ring is 1. The molecular weight excluding hydrogens is 252 g/mol. The molecule has 94 valence electrons. The van der Waals surface area contributed by atoms with Crippen molar-refractivity contribution in [2.45, 2.75) is 17.1 Å². The molecule has 2 N–H and O–H groups in total. The minimum Gasteiger partial charge on any atom is -0.399 e. The molecule has 2 aromatic carbocycles. The molecule has 0 fully saturated rings. The Bertz CT molecular complexity index is 514. The lowest BCUT2D eigenvalue weighted by molar-refractivity contribution is 0.148. The van der Waals surface area contributed by atoms with Crippen molar-refractivity contribution in [2.75, 3.05) is 5.73 Å². The van der Waals surface area contributed by atoms with Crippen LogP contribution in [-0.2, 0) is 5.75 Å². The zero-order valence-corrected chi connectivity index (χ0v) is 10.5. The molecule has 0 atom stereocenters. The highest BCUT2D eigenvalue weighted by Gasteiger charge is 2.13. The van der Waals surface area contributed by atoms with Gasteiger partial charge in [-0.25, -0.2) is 8.78 Å². The second-order valence-corrected chi connectivity index (χ2v) is 4.89. The maximum atomic E-state index is 12.9. The topological polar surface area (TPSA) is 26.0 Å². The van der Waals surface area contributed by atoms with Gasteiger partial charge < -0.3 is 5.73 Å². The molecule has 0 aromatic heterocycles. The van der Waals surface area contributed by atoms with Crippen molar-refractivity contribution in [3.63, 3.8) is 0 Å². The maximum absolute atomic E-state index is 12.9. The van der Waals surface area contributed by atoms with Gasteiger partial charge in [0.15, 0.2) is 0 Å². The molecular formula is C14H13F2NS. The van der Waals surface area contributed by atoms with E-state index < -0.39 is 6.43 Å². The number of hydrogen-bond donors (Lipinski definition) is 1. The van der Waals surface area contributed by atoms with Crippen LogP contribution in [-0.4, -0.2) is 0 Å². The number of nitrogens with two attached hydrogens (primary N) is 1. The van der Waals surface area contributed by atoms with E-state index >= 15 is 0 Å². The van der Waals surface area contributed by atoms with Crippen molar-refractivity contribution in [3.05, 3.63) is 59.7 Å². The predicted octanol–water partition coefficient (Wildman–Crippen LogP) is 4.50. The van der Waals surface area contributed by atoms with Gasteiger partial charge in [-0.3, -0.25) is 0 Å². The molecule has 0 radical (unpaired) electrons. The Labute approximate surface area is 109 Å². The number of benzene rings is 2. The molecule has 0 bridgehead atoms. The Kier molecular flexibility index (Phi) is 4.20. The average Bonchev–Trinajstić information content (AvgIpc) is 2.38. The van der Waals surface area contributed by atoms with E-state index in [9.17, 15) is 8.78 Å². The summed E-state index contributed by atoms with van der Waals surface area (Å²) in [7, 11) is 0. The highest BCUT2D eigenvalue weighted by Crippen LogP contribution is 2.33. The molecule has 0 saturated carbocycles. The van der Waals surface area contributed by atoms with Gasteiger partial charge in [0.2, 0.25) is 0 Å². The highest BCUT2D eigenvalue weighted by molar-refractivity contribution is 7.98. The molecule has 0 unspecified atom stereocenters. The normalized spacial score (nSPS) is 10.8. The summed E-state index contributed by atoms with van der Waals surface area (Å²) in [4.78, 5) is 0.586. The van der Waals surface area contributed by atoms with Gasteiger partial charge in [-0.15, -0.1) is 11.8 Å². The van der Waals surface area contributed by atoms with Crippen LogP contribution >= 0.6 is 11.8 Å². The van der Waals surface area contributed by atoms with Crippen LogP contribution < -0.4 is 5.73 Å². The Morgan fingerprint density at radius 3 is 2.44 bits per heavy atom. The Balaban J connectivity index is 2.14. The lowest BCUT2D eigenvalue weighted by Crippen LogP contribution is -1.93. The van der Waals surface area contributed by atoms with Gasteiger partial charge in [0.25, 0.3) is 6.43 Å². The van der Waals surface area contributed by atoms with Gasteiger partial charge in [0, 0.05) is 21.9 Å².